The van der Waals surface area contributed by atoms with Crippen LogP contribution in [0.1, 0.15) is 25.3 Å². The van der Waals surface area contributed by atoms with Crippen molar-refractivity contribution in [1.29, 1.82) is 0 Å². The number of carbonyl (C=O) groups excluding carboxylic acids is 2. The van der Waals surface area contributed by atoms with Gasteiger partial charge in [-0.1, -0.05) is 23.7 Å². The highest BCUT2D eigenvalue weighted by Crippen LogP contribution is 2.37. The Hall–Kier alpha value is -2.27. The Labute approximate surface area is 139 Å². The molecule has 0 atom stereocenters. The Morgan fingerprint density at radius 2 is 1.65 bits per heavy atom. The molecule has 0 saturated heterocycles. The first-order valence-electron chi connectivity index (χ1n) is 7.23. The standard InChI is InChI=1S/C17H17ClO5/c1-3-22-16(19)13-9-21-10-14(17(20)23-4-2)15(13)11-6-5-7-12(18)8-11/h5-10,15H,3-4H2,1-2H3. The lowest BCUT2D eigenvalue weighted by molar-refractivity contribution is -0.139. The number of rotatable bonds is 5. The smallest absolute Gasteiger partial charge is 0.338 e. The molecule has 0 unspecified atom stereocenters. The highest BCUT2D eigenvalue weighted by Gasteiger charge is 2.35. The molecule has 1 heterocycles. The van der Waals surface area contributed by atoms with Crippen LogP contribution < -0.4 is 0 Å². The van der Waals surface area contributed by atoms with Gasteiger partial charge in [0.1, 0.15) is 12.5 Å². The average molecular weight is 337 g/mol. The van der Waals surface area contributed by atoms with Gasteiger partial charge in [-0.05, 0) is 31.5 Å². The third-order valence-electron chi connectivity index (χ3n) is 3.22. The van der Waals surface area contributed by atoms with E-state index in [0.29, 0.717) is 10.6 Å². The zero-order valence-corrected chi connectivity index (χ0v) is 13.6. The van der Waals surface area contributed by atoms with Gasteiger partial charge in [0.05, 0.1) is 30.3 Å². The fourth-order valence-corrected chi connectivity index (χ4v) is 2.49. The molecular formula is C17H17ClO5. The molecule has 0 aliphatic carbocycles. The van der Waals surface area contributed by atoms with Gasteiger partial charge in [-0.2, -0.15) is 0 Å². The summed E-state index contributed by atoms with van der Waals surface area (Å²) >= 11 is 6.04. The summed E-state index contributed by atoms with van der Waals surface area (Å²) in [6.45, 7) is 3.85. The third kappa shape index (κ3) is 3.93. The summed E-state index contributed by atoms with van der Waals surface area (Å²) < 4.78 is 15.3. The number of carbonyl (C=O) groups is 2. The first-order chi connectivity index (χ1) is 11.1. The highest BCUT2D eigenvalue weighted by molar-refractivity contribution is 6.30. The van der Waals surface area contributed by atoms with Crippen LogP contribution >= 0.6 is 11.6 Å². The summed E-state index contributed by atoms with van der Waals surface area (Å²) in [7, 11) is 0. The van der Waals surface area contributed by atoms with Crippen LogP contribution in [0.4, 0.5) is 0 Å². The van der Waals surface area contributed by atoms with Crippen LogP contribution in [0.25, 0.3) is 0 Å². The lowest BCUT2D eigenvalue weighted by Crippen LogP contribution is -2.24. The van der Waals surface area contributed by atoms with E-state index in [1.807, 2.05) is 0 Å². The normalized spacial score (nSPS) is 14.4. The molecule has 1 aromatic carbocycles. The van der Waals surface area contributed by atoms with E-state index in [0.717, 1.165) is 0 Å². The zero-order valence-electron chi connectivity index (χ0n) is 12.9. The van der Waals surface area contributed by atoms with E-state index in [1.54, 1.807) is 38.1 Å². The van der Waals surface area contributed by atoms with Crippen molar-refractivity contribution < 1.29 is 23.8 Å². The van der Waals surface area contributed by atoms with Crippen LogP contribution in [0.5, 0.6) is 0 Å². The van der Waals surface area contributed by atoms with Crippen LogP contribution in [-0.2, 0) is 23.8 Å². The highest BCUT2D eigenvalue weighted by atomic mass is 35.5. The Morgan fingerprint density at radius 3 is 2.13 bits per heavy atom. The molecule has 0 saturated carbocycles. The van der Waals surface area contributed by atoms with E-state index in [1.165, 1.54) is 12.5 Å². The molecule has 2 rings (SSSR count). The summed E-state index contributed by atoms with van der Waals surface area (Å²) in [6.07, 6.45) is 2.57. The van der Waals surface area contributed by atoms with Gasteiger partial charge in [-0.25, -0.2) is 9.59 Å². The molecule has 5 nitrogen and oxygen atoms in total. The molecule has 0 radical (unpaired) electrons. The maximum Gasteiger partial charge on any atom is 0.338 e. The average Bonchev–Trinajstić information content (AvgIpc) is 2.54. The van der Waals surface area contributed by atoms with Gasteiger partial charge in [0, 0.05) is 5.02 Å². The lowest BCUT2D eigenvalue weighted by atomic mass is 9.84. The van der Waals surface area contributed by atoms with Gasteiger partial charge in [0.15, 0.2) is 0 Å². The molecule has 0 N–H and O–H groups in total. The molecule has 0 spiro atoms. The minimum atomic E-state index is -0.652. The van der Waals surface area contributed by atoms with E-state index in [-0.39, 0.29) is 24.4 Å². The Morgan fingerprint density at radius 1 is 1.09 bits per heavy atom. The molecule has 23 heavy (non-hydrogen) atoms. The van der Waals surface area contributed by atoms with Crippen molar-refractivity contribution in [1.82, 2.24) is 0 Å². The molecule has 0 fully saturated rings. The van der Waals surface area contributed by atoms with Crippen molar-refractivity contribution in [3.8, 4) is 0 Å². The monoisotopic (exact) mass is 336 g/mol. The van der Waals surface area contributed by atoms with Crippen molar-refractivity contribution in [2.45, 2.75) is 19.8 Å². The SMILES string of the molecule is CCOC(=O)C1=COC=C(C(=O)OCC)C1c1cccc(Cl)c1. The maximum atomic E-state index is 12.2. The number of hydrogen-bond acceptors (Lipinski definition) is 5. The number of esters is 2. The topological polar surface area (TPSA) is 61.8 Å². The van der Waals surface area contributed by atoms with Gasteiger partial charge in [0.25, 0.3) is 0 Å². The Kier molecular flexibility index (Phi) is 5.82. The number of ether oxygens (including phenoxy) is 3. The fourth-order valence-electron chi connectivity index (χ4n) is 2.29. The third-order valence-corrected chi connectivity index (χ3v) is 3.45. The summed E-state index contributed by atoms with van der Waals surface area (Å²) in [5.41, 5.74) is 1.12. The largest absolute Gasteiger partial charge is 0.471 e. The first-order valence-corrected chi connectivity index (χ1v) is 7.61. The second-order valence-corrected chi connectivity index (χ2v) is 5.15. The van der Waals surface area contributed by atoms with Gasteiger partial charge in [-0.3, -0.25) is 0 Å². The van der Waals surface area contributed by atoms with Crippen molar-refractivity contribution in [3.05, 3.63) is 58.5 Å². The Balaban J connectivity index is 2.45. The van der Waals surface area contributed by atoms with E-state index < -0.39 is 17.9 Å². The molecule has 0 bridgehead atoms. The maximum absolute atomic E-state index is 12.2. The molecule has 6 heteroatoms. The second-order valence-electron chi connectivity index (χ2n) is 4.71. The zero-order chi connectivity index (χ0) is 16.8. The summed E-state index contributed by atoms with van der Waals surface area (Å²) in [5, 5.41) is 0.500. The number of halogens is 1. The van der Waals surface area contributed by atoms with Gasteiger partial charge < -0.3 is 14.2 Å². The van der Waals surface area contributed by atoms with Gasteiger partial charge in [0.2, 0.25) is 0 Å². The molecule has 0 aromatic heterocycles. The second kappa shape index (κ2) is 7.83. The molecule has 1 aliphatic rings. The predicted molar refractivity (Wildman–Crippen MR) is 84.7 cm³/mol. The van der Waals surface area contributed by atoms with Crippen LogP contribution in [0.15, 0.2) is 47.9 Å². The lowest BCUT2D eigenvalue weighted by Gasteiger charge is -2.24. The van der Waals surface area contributed by atoms with Crippen molar-refractivity contribution in [2.24, 2.45) is 0 Å². The van der Waals surface area contributed by atoms with Gasteiger partial charge in [-0.15, -0.1) is 0 Å². The molecule has 122 valence electrons. The number of hydrogen-bond donors (Lipinski definition) is 0. The predicted octanol–water partition coefficient (Wildman–Crippen LogP) is 3.35. The summed E-state index contributed by atoms with van der Waals surface area (Å²) in [4.78, 5) is 24.4. The molecular weight excluding hydrogens is 320 g/mol. The van der Waals surface area contributed by atoms with Gasteiger partial charge >= 0.3 is 11.9 Å². The van der Waals surface area contributed by atoms with E-state index in [9.17, 15) is 9.59 Å². The van der Waals surface area contributed by atoms with Crippen LogP contribution in [0.3, 0.4) is 0 Å². The summed E-state index contributed by atoms with van der Waals surface area (Å²) in [6, 6.07) is 6.93. The van der Waals surface area contributed by atoms with Crippen LogP contribution in [0, 0.1) is 0 Å². The van der Waals surface area contributed by atoms with Crippen molar-refractivity contribution in [3.63, 3.8) is 0 Å². The van der Waals surface area contributed by atoms with E-state index in [4.69, 9.17) is 25.8 Å². The quantitative estimate of drug-likeness (QED) is 0.772. The number of benzene rings is 1. The molecule has 1 aliphatic heterocycles. The van der Waals surface area contributed by atoms with Crippen LogP contribution in [0.2, 0.25) is 5.02 Å². The fraction of sp³-hybridized carbons (Fsp3) is 0.294. The van der Waals surface area contributed by atoms with E-state index >= 15 is 0 Å². The van der Waals surface area contributed by atoms with E-state index in [2.05, 4.69) is 0 Å². The van der Waals surface area contributed by atoms with Crippen molar-refractivity contribution >= 4 is 23.5 Å². The van der Waals surface area contributed by atoms with Crippen LogP contribution in [-0.4, -0.2) is 25.2 Å². The minimum Gasteiger partial charge on any atom is -0.471 e. The first kappa shape index (κ1) is 17.1. The Bertz CT molecular complexity index is 629. The minimum absolute atomic E-state index is 0.219. The van der Waals surface area contributed by atoms with Crippen molar-refractivity contribution in [2.75, 3.05) is 13.2 Å². The molecule has 1 aromatic rings. The summed E-state index contributed by atoms with van der Waals surface area (Å²) in [5.74, 6) is -1.75. The molecule has 0 amide bonds.